The summed E-state index contributed by atoms with van der Waals surface area (Å²) in [6.07, 6.45) is 5.48. The zero-order chi connectivity index (χ0) is 15.1. The van der Waals surface area contributed by atoms with E-state index in [4.69, 9.17) is 0 Å². The van der Waals surface area contributed by atoms with Crippen LogP contribution in [0.15, 0.2) is 30.3 Å². The van der Waals surface area contributed by atoms with E-state index in [0.717, 1.165) is 12.6 Å². The van der Waals surface area contributed by atoms with Crippen LogP contribution in [0.25, 0.3) is 0 Å². The van der Waals surface area contributed by atoms with Gasteiger partial charge in [0, 0.05) is 18.6 Å². The number of benzene rings is 1. The maximum Gasteiger partial charge on any atom is 0.0358 e. The van der Waals surface area contributed by atoms with Gasteiger partial charge in [-0.25, -0.2) is 0 Å². The Bertz CT molecular complexity index is 390. The predicted molar refractivity (Wildman–Crippen MR) is 91.5 cm³/mol. The van der Waals surface area contributed by atoms with Crippen molar-refractivity contribution in [3.05, 3.63) is 35.9 Å². The molecule has 1 N–H and O–H groups in total. The highest BCUT2D eigenvalue weighted by Crippen LogP contribution is 2.26. The number of nitrogens with one attached hydrogen (secondary N) is 1. The molecule has 2 rings (SSSR count). The molecule has 1 saturated heterocycles. The first kappa shape index (κ1) is 16.5. The second-order valence-electron chi connectivity index (χ2n) is 6.48. The molecule has 2 heteroatoms. The Hall–Kier alpha value is -0.860. The first-order chi connectivity index (χ1) is 10.3. The molecule has 0 amide bonds. The van der Waals surface area contributed by atoms with Crippen LogP contribution in [0.3, 0.4) is 0 Å². The van der Waals surface area contributed by atoms with E-state index in [9.17, 15) is 0 Å². The third-order valence-electron chi connectivity index (χ3n) is 4.89. The molecule has 0 aromatic heterocycles. The lowest BCUT2D eigenvalue weighted by Crippen LogP contribution is -2.44. The highest BCUT2D eigenvalue weighted by atomic mass is 15.2. The van der Waals surface area contributed by atoms with Crippen LogP contribution in [0, 0.1) is 5.92 Å². The number of rotatable bonds is 7. The summed E-state index contributed by atoms with van der Waals surface area (Å²) in [6, 6.07) is 12.2. The van der Waals surface area contributed by atoms with Crippen molar-refractivity contribution in [1.29, 1.82) is 0 Å². The molecule has 1 fully saturated rings. The largest absolute Gasteiger partial charge is 0.310 e. The molecule has 0 bridgehead atoms. The number of piperidine rings is 1. The second-order valence-corrected chi connectivity index (χ2v) is 6.48. The minimum atomic E-state index is 0.468. The van der Waals surface area contributed by atoms with E-state index in [1.165, 1.54) is 44.3 Å². The Balaban J connectivity index is 2.02. The van der Waals surface area contributed by atoms with E-state index in [2.05, 4.69) is 61.3 Å². The van der Waals surface area contributed by atoms with E-state index < -0.39 is 0 Å². The first-order valence-corrected chi connectivity index (χ1v) is 8.78. The summed E-state index contributed by atoms with van der Waals surface area (Å²) in [6.45, 7) is 10.5. The Labute approximate surface area is 130 Å². The molecule has 0 aliphatic carbocycles. The van der Waals surface area contributed by atoms with E-state index in [-0.39, 0.29) is 0 Å². The van der Waals surface area contributed by atoms with Crippen LogP contribution in [0.1, 0.15) is 58.1 Å². The van der Waals surface area contributed by atoms with Crippen molar-refractivity contribution in [3.8, 4) is 0 Å². The van der Waals surface area contributed by atoms with Gasteiger partial charge in [0.15, 0.2) is 0 Å². The zero-order valence-corrected chi connectivity index (χ0v) is 14.0. The highest BCUT2D eigenvalue weighted by Gasteiger charge is 2.26. The summed E-state index contributed by atoms with van der Waals surface area (Å²) < 4.78 is 0. The average molecular weight is 288 g/mol. The molecule has 1 heterocycles. The summed E-state index contributed by atoms with van der Waals surface area (Å²) in [4.78, 5) is 2.74. The van der Waals surface area contributed by atoms with Crippen molar-refractivity contribution in [2.75, 3.05) is 19.6 Å². The van der Waals surface area contributed by atoms with Crippen LogP contribution >= 0.6 is 0 Å². The molecular formula is C19H32N2. The molecular weight excluding hydrogens is 256 g/mol. The van der Waals surface area contributed by atoms with Gasteiger partial charge >= 0.3 is 0 Å². The Kier molecular flexibility index (Phi) is 6.72. The number of nitrogens with zero attached hydrogens (tertiary/aromatic N) is 1. The van der Waals surface area contributed by atoms with Crippen molar-refractivity contribution in [3.63, 3.8) is 0 Å². The monoisotopic (exact) mass is 288 g/mol. The fourth-order valence-electron chi connectivity index (χ4n) is 3.77. The van der Waals surface area contributed by atoms with Gasteiger partial charge < -0.3 is 10.2 Å². The van der Waals surface area contributed by atoms with Crippen molar-refractivity contribution in [2.45, 2.75) is 58.5 Å². The van der Waals surface area contributed by atoms with Gasteiger partial charge in [-0.1, -0.05) is 57.5 Å². The molecule has 3 atom stereocenters. The third kappa shape index (κ3) is 4.55. The van der Waals surface area contributed by atoms with E-state index in [1.807, 2.05) is 0 Å². The lowest BCUT2D eigenvalue weighted by Gasteiger charge is -2.38. The van der Waals surface area contributed by atoms with Gasteiger partial charge in [-0.15, -0.1) is 0 Å². The Morgan fingerprint density at radius 3 is 2.62 bits per heavy atom. The van der Waals surface area contributed by atoms with Crippen LogP contribution in [0.5, 0.6) is 0 Å². The maximum atomic E-state index is 3.69. The molecule has 118 valence electrons. The van der Waals surface area contributed by atoms with Crippen molar-refractivity contribution >= 4 is 0 Å². The summed E-state index contributed by atoms with van der Waals surface area (Å²) in [7, 11) is 0. The number of hydrogen-bond donors (Lipinski definition) is 1. The normalized spacial score (nSPS) is 22.9. The van der Waals surface area contributed by atoms with E-state index in [1.54, 1.807) is 0 Å². The Morgan fingerprint density at radius 2 is 1.95 bits per heavy atom. The lowest BCUT2D eigenvalue weighted by molar-refractivity contribution is 0.115. The summed E-state index contributed by atoms with van der Waals surface area (Å²) >= 11 is 0. The SMILES string of the molecule is CCNC(c1ccccc1)C(C)CN1CCCCC1CC. The Morgan fingerprint density at radius 1 is 1.19 bits per heavy atom. The third-order valence-corrected chi connectivity index (χ3v) is 4.89. The van der Waals surface area contributed by atoms with Crippen LogP contribution in [0.4, 0.5) is 0 Å². The summed E-state index contributed by atoms with van der Waals surface area (Å²) in [5.41, 5.74) is 1.43. The second kappa shape index (κ2) is 8.55. The van der Waals surface area contributed by atoms with Crippen LogP contribution in [-0.4, -0.2) is 30.6 Å². The first-order valence-electron chi connectivity index (χ1n) is 8.78. The standard InChI is InChI=1S/C19H32N2/c1-4-18-13-9-10-14-21(18)15-16(3)19(20-5-2)17-11-7-6-8-12-17/h6-8,11-12,16,18-20H,4-5,9-10,13-15H2,1-3H3. The number of likely N-dealkylation sites (tertiary alicyclic amines) is 1. The van der Waals surface area contributed by atoms with Crippen molar-refractivity contribution in [2.24, 2.45) is 5.92 Å². The zero-order valence-electron chi connectivity index (χ0n) is 14.0. The lowest BCUT2D eigenvalue weighted by atomic mass is 9.91. The smallest absolute Gasteiger partial charge is 0.0358 e. The predicted octanol–water partition coefficient (Wildman–Crippen LogP) is 4.24. The van der Waals surface area contributed by atoms with Gasteiger partial charge in [-0.2, -0.15) is 0 Å². The summed E-state index contributed by atoms with van der Waals surface area (Å²) in [5, 5.41) is 3.69. The van der Waals surface area contributed by atoms with Crippen LogP contribution < -0.4 is 5.32 Å². The number of hydrogen-bond acceptors (Lipinski definition) is 2. The van der Waals surface area contributed by atoms with Gasteiger partial charge in [0.1, 0.15) is 0 Å². The van der Waals surface area contributed by atoms with Crippen molar-refractivity contribution < 1.29 is 0 Å². The average Bonchev–Trinajstić information content (AvgIpc) is 2.53. The minimum Gasteiger partial charge on any atom is -0.310 e. The van der Waals surface area contributed by atoms with Gasteiger partial charge in [0.25, 0.3) is 0 Å². The minimum absolute atomic E-state index is 0.468. The molecule has 0 saturated carbocycles. The molecule has 1 aliphatic rings. The fourth-order valence-corrected chi connectivity index (χ4v) is 3.77. The van der Waals surface area contributed by atoms with Gasteiger partial charge in [0.05, 0.1) is 0 Å². The summed E-state index contributed by atoms with van der Waals surface area (Å²) in [5.74, 6) is 0.638. The van der Waals surface area contributed by atoms with E-state index >= 15 is 0 Å². The van der Waals surface area contributed by atoms with Crippen molar-refractivity contribution in [1.82, 2.24) is 10.2 Å². The molecule has 1 aromatic carbocycles. The molecule has 2 nitrogen and oxygen atoms in total. The molecule has 0 spiro atoms. The quantitative estimate of drug-likeness (QED) is 0.807. The molecule has 3 unspecified atom stereocenters. The maximum absolute atomic E-state index is 3.69. The van der Waals surface area contributed by atoms with E-state index in [0.29, 0.717) is 12.0 Å². The van der Waals surface area contributed by atoms with Gasteiger partial charge in [-0.3, -0.25) is 0 Å². The molecule has 1 aromatic rings. The van der Waals surface area contributed by atoms with Gasteiger partial charge in [-0.05, 0) is 43.8 Å². The fraction of sp³-hybridized carbons (Fsp3) is 0.684. The van der Waals surface area contributed by atoms with Crippen LogP contribution in [0.2, 0.25) is 0 Å². The van der Waals surface area contributed by atoms with Gasteiger partial charge in [0.2, 0.25) is 0 Å². The topological polar surface area (TPSA) is 15.3 Å². The molecule has 0 radical (unpaired) electrons. The highest BCUT2D eigenvalue weighted by molar-refractivity contribution is 5.19. The molecule has 21 heavy (non-hydrogen) atoms. The van der Waals surface area contributed by atoms with Crippen LogP contribution in [-0.2, 0) is 0 Å². The molecule has 1 aliphatic heterocycles.